The van der Waals surface area contributed by atoms with E-state index in [1.54, 1.807) is 22.9 Å². The fourth-order valence-electron chi connectivity index (χ4n) is 5.53. The van der Waals surface area contributed by atoms with Crippen molar-refractivity contribution in [1.29, 1.82) is 0 Å². The van der Waals surface area contributed by atoms with Crippen LogP contribution >= 0.6 is 0 Å². The summed E-state index contributed by atoms with van der Waals surface area (Å²) >= 11 is 0. The highest BCUT2D eigenvalue weighted by Gasteiger charge is 2.31. The van der Waals surface area contributed by atoms with E-state index in [4.69, 9.17) is 0 Å². The first kappa shape index (κ1) is 30.3. The molecule has 3 aromatic heterocycles. The van der Waals surface area contributed by atoms with Crippen LogP contribution in [0.2, 0.25) is 0 Å². The Labute approximate surface area is 259 Å². The fourth-order valence-corrected chi connectivity index (χ4v) is 5.53. The molecule has 2 aliphatic heterocycles. The van der Waals surface area contributed by atoms with E-state index in [2.05, 4.69) is 30.4 Å². The van der Waals surface area contributed by atoms with Crippen molar-refractivity contribution in [2.75, 3.05) is 30.0 Å². The molecule has 6 rings (SSSR count). The lowest BCUT2D eigenvalue weighted by Crippen LogP contribution is -2.36. The minimum absolute atomic E-state index is 0.115. The molecule has 2 N–H and O–H groups in total. The number of fused-ring (bicyclic) bond motifs is 1. The van der Waals surface area contributed by atoms with Gasteiger partial charge in [0.1, 0.15) is 24.0 Å². The summed E-state index contributed by atoms with van der Waals surface area (Å²) in [5, 5.41) is 22.7. The molecule has 13 heteroatoms. The molecule has 2 aliphatic rings. The van der Waals surface area contributed by atoms with Gasteiger partial charge in [0.25, 0.3) is 11.5 Å². The molecule has 12 nitrogen and oxygen atoms in total. The number of anilines is 3. The van der Waals surface area contributed by atoms with Crippen LogP contribution in [0.1, 0.15) is 59.9 Å². The first-order chi connectivity index (χ1) is 21.4. The number of hydrogen-bond acceptors (Lipinski definition) is 9. The van der Waals surface area contributed by atoms with E-state index in [0.717, 1.165) is 30.9 Å². The van der Waals surface area contributed by atoms with Crippen molar-refractivity contribution in [2.45, 2.75) is 45.8 Å². The number of nitrogens with zero attached hydrogens (tertiary/aromatic N) is 8. The van der Waals surface area contributed by atoms with Crippen molar-refractivity contribution in [3.05, 3.63) is 80.6 Å². The maximum atomic E-state index is 15.5. The topological polar surface area (TPSA) is 134 Å². The summed E-state index contributed by atoms with van der Waals surface area (Å²) in [7, 11) is 3.40. The summed E-state index contributed by atoms with van der Waals surface area (Å²) in [6.45, 7) is 8.15. The Morgan fingerprint density at radius 1 is 1.04 bits per heavy atom. The molecule has 45 heavy (non-hydrogen) atoms. The molecule has 234 valence electrons. The summed E-state index contributed by atoms with van der Waals surface area (Å²) < 4.78 is 18.5. The molecule has 0 aliphatic carbocycles. The van der Waals surface area contributed by atoms with Crippen LogP contribution in [0, 0.1) is 5.82 Å². The number of amides is 1. The third-order valence-electron chi connectivity index (χ3n) is 8.26. The predicted octanol–water partition coefficient (Wildman–Crippen LogP) is 3.49. The Hall–Kier alpha value is -4.75. The van der Waals surface area contributed by atoms with Crippen LogP contribution in [0.5, 0.6) is 0 Å². The summed E-state index contributed by atoms with van der Waals surface area (Å²) in [4.78, 5) is 39.3. The van der Waals surface area contributed by atoms with Gasteiger partial charge < -0.3 is 10.4 Å². The van der Waals surface area contributed by atoms with Crippen LogP contribution < -0.4 is 15.8 Å². The zero-order valence-electron chi connectivity index (χ0n) is 26.0. The normalized spacial score (nSPS) is 15.2. The van der Waals surface area contributed by atoms with Crippen molar-refractivity contribution < 1.29 is 14.3 Å². The minimum atomic E-state index is -0.652. The lowest BCUT2D eigenvalue weighted by atomic mass is 9.85. The maximum absolute atomic E-state index is 15.5. The SMILES string of the molecule is Cn1nc(Nc2cc(-c3ccnc(N4CN=Cc5cc(C(C)(C)C)cc(F)c5C4=O)c3CO)nn(C)c2=O)cc1CN1CCC1. The van der Waals surface area contributed by atoms with Gasteiger partial charge in [0, 0.05) is 55.8 Å². The molecule has 1 aromatic carbocycles. The van der Waals surface area contributed by atoms with Crippen LogP contribution in [0.25, 0.3) is 11.3 Å². The zero-order chi connectivity index (χ0) is 32.0. The quantitative estimate of drug-likeness (QED) is 0.324. The third-order valence-corrected chi connectivity index (χ3v) is 8.26. The predicted molar refractivity (Wildman–Crippen MR) is 169 cm³/mol. The molecule has 0 radical (unpaired) electrons. The molecule has 1 fully saturated rings. The number of aliphatic hydroxyl groups is 1. The van der Waals surface area contributed by atoms with Crippen molar-refractivity contribution in [2.24, 2.45) is 19.1 Å². The molecule has 0 unspecified atom stereocenters. The van der Waals surface area contributed by atoms with Crippen LogP contribution in [0.3, 0.4) is 0 Å². The highest BCUT2D eigenvalue weighted by Crippen LogP contribution is 2.33. The number of pyridine rings is 1. The number of halogens is 1. The van der Waals surface area contributed by atoms with Gasteiger partial charge in [0.15, 0.2) is 5.82 Å². The second kappa shape index (κ2) is 11.6. The van der Waals surface area contributed by atoms with Crippen LogP contribution in [0.4, 0.5) is 21.7 Å². The van der Waals surface area contributed by atoms with Gasteiger partial charge in [0.2, 0.25) is 0 Å². The van der Waals surface area contributed by atoms with Gasteiger partial charge in [-0.1, -0.05) is 20.8 Å². The Bertz CT molecular complexity index is 1890. The van der Waals surface area contributed by atoms with Crippen LogP contribution in [-0.4, -0.2) is 66.4 Å². The van der Waals surface area contributed by atoms with Crippen molar-refractivity contribution in [3.8, 4) is 11.3 Å². The highest BCUT2D eigenvalue weighted by molar-refractivity contribution is 6.12. The van der Waals surface area contributed by atoms with E-state index >= 15 is 4.39 Å². The number of hydrogen-bond donors (Lipinski definition) is 2. The Balaban J connectivity index is 1.36. The number of benzene rings is 1. The number of aliphatic hydroxyl groups excluding tert-OH is 1. The molecule has 4 aromatic rings. The van der Waals surface area contributed by atoms with E-state index in [9.17, 15) is 14.7 Å². The number of aryl methyl sites for hydroxylation is 2. The molecule has 5 heterocycles. The van der Waals surface area contributed by atoms with Crippen molar-refractivity contribution in [1.82, 2.24) is 29.4 Å². The van der Waals surface area contributed by atoms with E-state index in [1.165, 1.54) is 41.5 Å². The molecule has 0 spiro atoms. The Morgan fingerprint density at radius 2 is 1.82 bits per heavy atom. The molecular formula is C32H36FN9O3. The summed E-state index contributed by atoms with van der Waals surface area (Å²) in [6.07, 6.45) is 4.16. The molecule has 0 saturated carbocycles. The second-order valence-corrected chi connectivity index (χ2v) is 12.4. The molecule has 0 bridgehead atoms. The number of aromatic nitrogens is 5. The monoisotopic (exact) mass is 613 g/mol. The smallest absolute Gasteiger partial charge is 0.290 e. The van der Waals surface area contributed by atoms with E-state index in [-0.39, 0.29) is 40.3 Å². The second-order valence-electron chi connectivity index (χ2n) is 12.4. The van der Waals surface area contributed by atoms with E-state index < -0.39 is 18.3 Å². The summed E-state index contributed by atoms with van der Waals surface area (Å²) in [5.74, 6) is -0.640. The van der Waals surface area contributed by atoms with Gasteiger partial charge in [-0.2, -0.15) is 10.2 Å². The standard InChI is InChI=1S/C32H36FN9O3/c1-32(2,3)20-11-19-15-34-18-42(31(45)28(19)24(33)12-20)29-23(17-43)22(7-8-35-29)25-14-26(30(44)40(5)37-25)36-27-13-21(39(4)38-27)16-41-9-6-10-41/h7-8,11-15,43H,6,9-10,16-18H2,1-5H3,(H,36,38). The lowest BCUT2D eigenvalue weighted by molar-refractivity contribution is 0.0983. The summed E-state index contributed by atoms with van der Waals surface area (Å²) in [5.41, 5.74) is 2.65. The first-order valence-electron chi connectivity index (χ1n) is 14.8. The number of carbonyl (C=O) groups is 1. The Kier molecular flexibility index (Phi) is 7.83. The van der Waals surface area contributed by atoms with Gasteiger partial charge in [-0.05, 0) is 54.8 Å². The van der Waals surface area contributed by atoms with Gasteiger partial charge in [-0.25, -0.2) is 14.1 Å². The van der Waals surface area contributed by atoms with Crippen LogP contribution in [-0.2, 0) is 32.7 Å². The molecule has 0 atom stereocenters. The zero-order valence-corrected chi connectivity index (χ0v) is 26.0. The van der Waals surface area contributed by atoms with Crippen molar-refractivity contribution in [3.63, 3.8) is 0 Å². The third kappa shape index (κ3) is 5.76. The average Bonchev–Trinajstić information content (AvgIpc) is 3.22. The molecular weight excluding hydrogens is 577 g/mol. The molecule has 1 saturated heterocycles. The molecule has 1 amide bonds. The highest BCUT2D eigenvalue weighted by atomic mass is 19.1. The van der Waals surface area contributed by atoms with Gasteiger partial charge in [-0.3, -0.25) is 29.1 Å². The maximum Gasteiger partial charge on any atom is 0.290 e. The number of nitrogens with one attached hydrogen (secondary N) is 1. The van der Waals surface area contributed by atoms with E-state index in [0.29, 0.717) is 22.6 Å². The number of aliphatic imine (C=N–C) groups is 1. The lowest BCUT2D eigenvalue weighted by Gasteiger charge is -2.30. The number of carbonyl (C=O) groups excluding carboxylic acids is 1. The van der Waals surface area contributed by atoms with Gasteiger partial charge in [0.05, 0.1) is 23.6 Å². The minimum Gasteiger partial charge on any atom is -0.392 e. The van der Waals surface area contributed by atoms with Gasteiger partial charge >= 0.3 is 0 Å². The average molecular weight is 614 g/mol. The first-order valence-corrected chi connectivity index (χ1v) is 14.8. The fraction of sp³-hybridized carbons (Fsp3) is 0.375. The number of rotatable bonds is 7. The van der Waals surface area contributed by atoms with Crippen LogP contribution in [0.15, 0.2) is 46.3 Å². The van der Waals surface area contributed by atoms with E-state index in [1.807, 2.05) is 33.9 Å². The number of likely N-dealkylation sites (tertiary alicyclic amines) is 1. The Morgan fingerprint density at radius 3 is 2.51 bits per heavy atom. The van der Waals surface area contributed by atoms with Crippen molar-refractivity contribution >= 4 is 29.4 Å². The van der Waals surface area contributed by atoms with Gasteiger partial charge in [-0.15, -0.1) is 0 Å². The summed E-state index contributed by atoms with van der Waals surface area (Å²) in [6, 6.07) is 8.29. The largest absolute Gasteiger partial charge is 0.392 e.